The first-order valence-electron chi connectivity index (χ1n) is 6.07. The molecule has 90 valence electrons. The lowest BCUT2D eigenvalue weighted by molar-refractivity contribution is 0.445. The molecule has 3 nitrogen and oxygen atoms in total. The summed E-state index contributed by atoms with van der Waals surface area (Å²) >= 11 is 3.52. The average molecular weight is 294 g/mol. The number of rotatable bonds is 2. The van der Waals surface area contributed by atoms with E-state index < -0.39 is 0 Å². The molecule has 0 spiro atoms. The molecule has 2 heterocycles. The van der Waals surface area contributed by atoms with Gasteiger partial charge in [0.2, 0.25) is 0 Å². The SMILES string of the molecule is Cc1c2cc(Br)ccc2nn1CC1CCNC1. The van der Waals surface area contributed by atoms with Crippen molar-refractivity contribution in [2.75, 3.05) is 13.1 Å². The first-order valence-corrected chi connectivity index (χ1v) is 6.87. The van der Waals surface area contributed by atoms with Crippen molar-refractivity contribution in [2.24, 2.45) is 5.92 Å². The summed E-state index contributed by atoms with van der Waals surface area (Å²) in [7, 11) is 0. The van der Waals surface area contributed by atoms with E-state index in [-0.39, 0.29) is 0 Å². The number of benzene rings is 1. The van der Waals surface area contributed by atoms with E-state index in [1.807, 2.05) is 0 Å². The van der Waals surface area contributed by atoms with Gasteiger partial charge in [-0.15, -0.1) is 0 Å². The van der Waals surface area contributed by atoms with Crippen LogP contribution in [0.3, 0.4) is 0 Å². The first-order chi connectivity index (χ1) is 8.24. The van der Waals surface area contributed by atoms with Crippen LogP contribution in [0, 0.1) is 12.8 Å². The van der Waals surface area contributed by atoms with Crippen LogP contribution in [-0.4, -0.2) is 22.9 Å². The monoisotopic (exact) mass is 293 g/mol. The van der Waals surface area contributed by atoms with Crippen LogP contribution < -0.4 is 5.32 Å². The summed E-state index contributed by atoms with van der Waals surface area (Å²) in [6, 6.07) is 6.28. The van der Waals surface area contributed by atoms with Crippen molar-refractivity contribution in [3.05, 3.63) is 28.4 Å². The lowest BCUT2D eigenvalue weighted by Gasteiger charge is -2.09. The molecule has 1 unspecified atom stereocenters. The van der Waals surface area contributed by atoms with Crippen molar-refractivity contribution in [1.29, 1.82) is 0 Å². The molecule has 1 fully saturated rings. The summed E-state index contributed by atoms with van der Waals surface area (Å²) in [4.78, 5) is 0. The Morgan fingerprint density at radius 3 is 3.18 bits per heavy atom. The number of hydrogen-bond donors (Lipinski definition) is 1. The molecule has 1 aliphatic rings. The van der Waals surface area contributed by atoms with Gasteiger partial charge in [0, 0.05) is 22.1 Å². The zero-order valence-electron chi connectivity index (χ0n) is 9.91. The fourth-order valence-corrected chi connectivity index (χ4v) is 2.88. The minimum absolute atomic E-state index is 0.728. The fraction of sp³-hybridized carbons (Fsp3) is 0.462. The molecule has 0 aliphatic carbocycles. The Labute approximate surface area is 109 Å². The maximum Gasteiger partial charge on any atom is 0.0926 e. The molecule has 1 aromatic carbocycles. The third kappa shape index (κ3) is 2.11. The third-order valence-corrected chi connectivity index (χ3v) is 4.05. The van der Waals surface area contributed by atoms with Crippen LogP contribution in [0.4, 0.5) is 0 Å². The van der Waals surface area contributed by atoms with Gasteiger partial charge in [-0.3, -0.25) is 4.68 Å². The Morgan fingerprint density at radius 1 is 1.53 bits per heavy atom. The molecule has 0 bridgehead atoms. The van der Waals surface area contributed by atoms with Crippen LogP contribution >= 0.6 is 15.9 Å². The summed E-state index contributed by atoms with van der Waals surface area (Å²) in [5.74, 6) is 0.728. The van der Waals surface area contributed by atoms with Crippen molar-refractivity contribution in [3.63, 3.8) is 0 Å². The van der Waals surface area contributed by atoms with Gasteiger partial charge >= 0.3 is 0 Å². The highest BCUT2D eigenvalue weighted by Gasteiger charge is 2.17. The summed E-state index contributed by atoms with van der Waals surface area (Å²) in [6.45, 7) is 5.46. The van der Waals surface area contributed by atoms with E-state index in [9.17, 15) is 0 Å². The minimum Gasteiger partial charge on any atom is -0.316 e. The van der Waals surface area contributed by atoms with Crippen molar-refractivity contribution in [2.45, 2.75) is 19.9 Å². The van der Waals surface area contributed by atoms with Gasteiger partial charge in [-0.1, -0.05) is 15.9 Å². The molecule has 0 saturated carbocycles. The zero-order valence-corrected chi connectivity index (χ0v) is 11.5. The lowest BCUT2D eigenvalue weighted by atomic mass is 10.1. The Kier molecular flexibility index (Phi) is 2.92. The van der Waals surface area contributed by atoms with Gasteiger partial charge in [0.1, 0.15) is 0 Å². The fourth-order valence-electron chi connectivity index (χ4n) is 2.52. The molecular weight excluding hydrogens is 278 g/mol. The van der Waals surface area contributed by atoms with Crippen LogP contribution in [0.15, 0.2) is 22.7 Å². The van der Waals surface area contributed by atoms with Gasteiger partial charge in [-0.05, 0) is 50.6 Å². The standard InChI is InChI=1S/C13H16BrN3/c1-9-12-6-11(14)2-3-13(12)16-17(9)8-10-4-5-15-7-10/h2-3,6,10,15H,4-5,7-8H2,1H3. The molecule has 17 heavy (non-hydrogen) atoms. The number of halogens is 1. The van der Waals surface area contributed by atoms with Gasteiger partial charge in [0.05, 0.1) is 5.52 Å². The van der Waals surface area contributed by atoms with E-state index in [2.05, 4.69) is 56.2 Å². The van der Waals surface area contributed by atoms with Crippen LogP contribution in [0.5, 0.6) is 0 Å². The van der Waals surface area contributed by atoms with E-state index >= 15 is 0 Å². The van der Waals surface area contributed by atoms with Crippen molar-refractivity contribution in [3.8, 4) is 0 Å². The molecule has 1 aliphatic heterocycles. The van der Waals surface area contributed by atoms with Gasteiger partial charge in [-0.25, -0.2) is 0 Å². The first kappa shape index (κ1) is 11.2. The highest BCUT2D eigenvalue weighted by molar-refractivity contribution is 9.10. The topological polar surface area (TPSA) is 29.9 Å². The second kappa shape index (κ2) is 4.42. The molecule has 0 amide bonds. The van der Waals surface area contributed by atoms with E-state index in [4.69, 9.17) is 0 Å². The van der Waals surface area contributed by atoms with Crippen LogP contribution in [0.25, 0.3) is 10.9 Å². The second-order valence-electron chi connectivity index (χ2n) is 4.79. The Bertz CT molecular complexity index is 541. The Balaban J connectivity index is 1.96. The number of nitrogens with zero attached hydrogens (tertiary/aromatic N) is 2. The number of aromatic nitrogens is 2. The van der Waals surface area contributed by atoms with E-state index in [0.717, 1.165) is 35.5 Å². The quantitative estimate of drug-likeness (QED) is 0.923. The maximum absolute atomic E-state index is 4.68. The summed E-state index contributed by atoms with van der Waals surface area (Å²) in [5, 5.41) is 9.35. The molecule has 0 radical (unpaired) electrons. The maximum atomic E-state index is 4.68. The number of aryl methyl sites for hydroxylation is 1. The predicted octanol–water partition coefficient (Wildman–Crippen LogP) is 2.72. The van der Waals surface area contributed by atoms with Gasteiger partial charge in [0.25, 0.3) is 0 Å². The van der Waals surface area contributed by atoms with E-state index in [0.29, 0.717) is 0 Å². The number of nitrogens with one attached hydrogen (secondary N) is 1. The molecule has 3 rings (SSSR count). The smallest absolute Gasteiger partial charge is 0.0926 e. The highest BCUT2D eigenvalue weighted by Crippen LogP contribution is 2.23. The summed E-state index contributed by atoms with van der Waals surface area (Å²) in [6.07, 6.45) is 1.26. The molecule has 2 aromatic rings. The predicted molar refractivity (Wildman–Crippen MR) is 73.1 cm³/mol. The van der Waals surface area contributed by atoms with Crippen molar-refractivity contribution < 1.29 is 0 Å². The molecule has 1 N–H and O–H groups in total. The average Bonchev–Trinajstić information content (AvgIpc) is 2.91. The Hall–Kier alpha value is -0.870. The van der Waals surface area contributed by atoms with Crippen LogP contribution in [-0.2, 0) is 6.54 Å². The van der Waals surface area contributed by atoms with E-state index in [1.54, 1.807) is 0 Å². The van der Waals surface area contributed by atoms with E-state index in [1.165, 1.54) is 17.5 Å². The second-order valence-corrected chi connectivity index (χ2v) is 5.70. The van der Waals surface area contributed by atoms with Crippen LogP contribution in [0.2, 0.25) is 0 Å². The van der Waals surface area contributed by atoms with Crippen LogP contribution in [0.1, 0.15) is 12.1 Å². The molecule has 1 saturated heterocycles. The molecular formula is C13H16BrN3. The zero-order chi connectivity index (χ0) is 11.8. The van der Waals surface area contributed by atoms with Gasteiger partial charge < -0.3 is 5.32 Å². The molecule has 1 atom stereocenters. The highest BCUT2D eigenvalue weighted by atomic mass is 79.9. The lowest BCUT2D eigenvalue weighted by Crippen LogP contribution is -2.16. The van der Waals surface area contributed by atoms with Gasteiger partial charge in [0.15, 0.2) is 0 Å². The van der Waals surface area contributed by atoms with Crippen molar-refractivity contribution in [1.82, 2.24) is 15.1 Å². The number of fused-ring (bicyclic) bond motifs is 1. The Morgan fingerprint density at radius 2 is 2.41 bits per heavy atom. The molecule has 4 heteroatoms. The van der Waals surface area contributed by atoms with Gasteiger partial charge in [-0.2, -0.15) is 5.10 Å². The normalized spacial score (nSPS) is 20.2. The largest absolute Gasteiger partial charge is 0.316 e. The van der Waals surface area contributed by atoms with Crippen molar-refractivity contribution >= 4 is 26.8 Å². The minimum atomic E-state index is 0.728. The number of hydrogen-bond acceptors (Lipinski definition) is 2. The summed E-state index contributed by atoms with van der Waals surface area (Å²) < 4.78 is 3.28. The molecule has 1 aromatic heterocycles. The third-order valence-electron chi connectivity index (χ3n) is 3.56. The summed E-state index contributed by atoms with van der Waals surface area (Å²) in [5.41, 5.74) is 2.37.